The summed E-state index contributed by atoms with van der Waals surface area (Å²) < 4.78 is 2.25. The minimum atomic E-state index is 0.777. The highest BCUT2D eigenvalue weighted by Crippen LogP contribution is 2.31. The molecule has 0 fully saturated rings. The van der Waals surface area contributed by atoms with Crippen molar-refractivity contribution in [2.45, 2.75) is 11.8 Å². The van der Waals surface area contributed by atoms with E-state index in [9.17, 15) is 0 Å². The fourth-order valence-corrected chi connectivity index (χ4v) is 3.30. The highest BCUT2D eigenvalue weighted by atomic mass is 35.5. The molecule has 90 valence electrons. The van der Waals surface area contributed by atoms with Gasteiger partial charge in [-0.25, -0.2) is 0 Å². The predicted molar refractivity (Wildman–Crippen MR) is 78.4 cm³/mol. The SMILES string of the molecule is Cc1cccc2c1SC[N+](c1ccc(Cl)cc1)=C2. The molecule has 1 heterocycles. The van der Waals surface area contributed by atoms with Gasteiger partial charge in [-0.1, -0.05) is 35.5 Å². The Morgan fingerprint density at radius 2 is 1.89 bits per heavy atom. The van der Waals surface area contributed by atoms with E-state index in [4.69, 9.17) is 11.6 Å². The Hall–Kier alpha value is -1.25. The summed E-state index contributed by atoms with van der Waals surface area (Å²) in [7, 11) is 0. The molecule has 1 aliphatic heterocycles. The minimum Gasteiger partial charge on any atom is -0.188 e. The van der Waals surface area contributed by atoms with Crippen LogP contribution in [-0.4, -0.2) is 16.7 Å². The van der Waals surface area contributed by atoms with Crippen LogP contribution in [0.4, 0.5) is 5.69 Å². The van der Waals surface area contributed by atoms with Crippen LogP contribution >= 0.6 is 23.4 Å². The van der Waals surface area contributed by atoms with Crippen molar-refractivity contribution in [2.24, 2.45) is 0 Å². The molecule has 0 N–H and O–H groups in total. The van der Waals surface area contributed by atoms with E-state index >= 15 is 0 Å². The average Bonchev–Trinajstić information content (AvgIpc) is 2.39. The third kappa shape index (κ3) is 2.18. The number of benzene rings is 2. The summed E-state index contributed by atoms with van der Waals surface area (Å²) in [6, 6.07) is 14.4. The Labute approximate surface area is 116 Å². The van der Waals surface area contributed by atoms with Crippen molar-refractivity contribution < 1.29 is 4.58 Å². The Morgan fingerprint density at radius 3 is 2.67 bits per heavy atom. The van der Waals surface area contributed by atoms with Gasteiger partial charge >= 0.3 is 0 Å². The smallest absolute Gasteiger partial charge is 0.188 e. The average molecular weight is 275 g/mol. The molecule has 0 saturated heterocycles. The largest absolute Gasteiger partial charge is 0.206 e. The molecular formula is C15H13ClNS+. The van der Waals surface area contributed by atoms with Crippen molar-refractivity contribution in [2.75, 3.05) is 5.88 Å². The van der Waals surface area contributed by atoms with Crippen LogP contribution in [0.15, 0.2) is 47.4 Å². The lowest BCUT2D eigenvalue weighted by atomic mass is 10.1. The molecule has 2 aromatic carbocycles. The zero-order valence-electron chi connectivity index (χ0n) is 10.1. The van der Waals surface area contributed by atoms with Crippen molar-refractivity contribution in [3.8, 4) is 0 Å². The van der Waals surface area contributed by atoms with Crippen LogP contribution in [0.1, 0.15) is 11.1 Å². The molecule has 0 bridgehead atoms. The Kier molecular flexibility index (Phi) is 3.14. The standard InChI is InChI=1S/C15H13ClNS/c1-11-3-2-4-12-9-17(10-18-15(11)12)14-7-5-13(16)6-8-14/h2-9H,10H2,1H3/q+1. The molecule has 0 aromatic heterocycles. The highest BCUT2D eigenvalue weighted by molar-refractivity contribution is 7.99. The molecule has 0 aliphatic carbocycles. The van der Waals surface area contributed by atoms with Gasteiger partial charge in [0.05, 0.1) is 5.56 Å². The van der Waals surface area contributed by atoms with Gasteiger partial charge in [0, 0.05) is 22.1 Å². The van der Waals surface area contributed by atoms with E-state index in [0.717, 1.165) is 10.9 Å². The maximum absolute atomic E-state index is 5.92. The molecule has 1 nitrogen and oxygen atoms in total. The first-order valence-corrected chi connectivity index (χ1v) is 7.20. The summed E-state index contributed by atoms with van der Waals surface area (Å²) in [5.74, 6) is 0.944. The fourth-order valence-electron chi connectivity index (χ4n) is 2.09. The number of thioether (sulfide) groups is 1. The number of hydrogen-bond acceptors (Lipinski definition) is 1. The first-order chi connectivity index (χ1) is 8.74. The van der Waals surface area contributed by atoms with E-state index in [1.165, 1.54) is 21.7 Å². The molecule has 1 aliphatic rings. The van der Waals surface area contributed by atoms with Crippen LogP contribution in [0.25, 0.3) is 0 Å². The Bertz CT molecular complexity index is 617. The van der Waals surface area contributed by atoms with Gasteiger partial charge < -0.3 is 0 Å². The van der Waals surface area contributed by atoms with Crippen molar-refractivity contribution in [1.29, 1.82) is 0 Å². The quantitative estimate of drug-likeness (QED) is 0.693. The van der Waals surface area contributed by atoms with Gasteiger partial charge in [-0.05, 0) is 30.7 Å². The monoisotopic (exact) mass is 274 g/mol. The van der Waals surface area contributed by atoms with Crippen molar-refractivity contribution in [1.82, 2.24) is 0 Å². The molecule has 3 heteroatoms. The van der Waals surface area contributed by atoms with Gasteiger partial charge in [0.25, 0.3) is 0 Å². The Balaban J connectivity index is 2.03. The zero-order valence-corrected chi connectivity index (χ0v) is 11.6. The molecule has 0 saturated carbocycles. The second-order valence-corrected chi connectivity index (χ2v) is 5.73. The first-order valence-electron chi connectivity index (χ1n) is 5.83. The van der Waals surface area contributed by atoms with Crippen molar-refractivity contribution >= 4 is 35.3 Å². The van der Waals surface area contributed by atoms with E-state index < -0.39 is 0 Å². The van der Waals surface area contributed by atoms with Crippen LogP contribution in [-0.2, 0) is 0 Å². The summed E-state index contributed by atoms with van der Waals surface area (Å²) in [4.78, 5) is 1.39. The molecule has 0 unspecified atom stereocenters. The minimum absolute atomic E-state index is 0.777. The molecule has 18 heavy (non-hydrogen) atoms. The predicted octanol–water partition coefficient (Wildman–Crippen LogP) is 4.47. The van der Waals surface area contributed by atoms with Gasteiger partial charge in [0.15, 0.2) is 12.1 Å². The van der Waals surface area contributed by atoms with Crippen LogP contribution in [0.2, 0.25) is 5.02 Å². The van der Waals surface area contributed by atoms with Crippen LogP contribution in [0.5, 0.6) is 0 Å². The molecule has 0 radical (unpaired) electrons. The van der Waals surface area contributed by atoms with E-state index in [1.54, 1.807) is 0 Å². The van der Waals surface area contributed by atoms with Gasteiger partial charge in [-0.2, -0.15) is 4.58 Å². The molecule has 0 spiro atoms. The number of fused-ring (bicyclic) bond motifs is 1. The summed E-state index contributed by atoms with van der Waals surface area (Å²) in [6.45, 7) is 2.16. The second-order valence-electron chi connectivity index (χ2n) is 4.34. The fraction of sp³-hybridized carbons (Fsp3) is 0.133. The maximum Gasteiger partial charge on any atom is 0.206 e. The van der Waals surface area contributed by atoms with Gasteiger partial charge in [-0.3, -0.25) is 0 Å². The maximum atomic E-state index is 5.92. The number of rotatable bonds is 1. The van der Waals surface area contributed by atoms with Crippen molar-refractivity contribution in [3.63, 3.8) is 0 Å². The van der Waals surface area contributed by atoms with Crippen molar-refractivity contribution in [3.05, 3.63) is 58.6 Å². The molecule has 3 rings (SSSR count). The summed E-state index contributed by atoms with van der Waals surface area (Å²) >= 11 is 7.80. The second kappa shape index (κ2) is 4.79. The summed E-state index contributed by atoms with van der Waals surface area (Å²) in [6.07, 6.45) is 2.21. The van der Waals surface area contributed by atoms with E-state index in [0.29, 0.717) is 0 Å². The van der Waals surface area contributed by atoms with E-state index in [1.807, 2.05) is 23.9 Å². The lowest BCUT2D eigenvalue weighted by Crippen LogP contribution is -2.13. The Morgan fingerprint density at radius 1 is 1.11 bits per heavy atom. The molecular weight excluding hydrogens is 262 g/mol. The number of halogens is 1. The number of aryl methyl sites for hydroxylation is 1. The number of nitrogens with zero attached hydrogens (tertiary/aromatic N) is 1. The lowest BCUT2D eigenvalue weighted by molar-refractivity contribution is -0.411. The van der Waals surface area contributed by atoms with E-state index in [2.05, 4.69) is 48.0 Å². The normalized spacial score (nSPS) is 14.0. The topological polar surface area (TPSA) is 3.01 Å². The lowest BCUT2D eigenvalue weighted by Gasteiger charge is -2.13. The van der Waals surface area contributed by atoms with Crippen LogP contribution < -0.4 is 0 Å². The zero-order chi connectivity index (χ0) is 12.5. The van der Waals surface area contributed by atoms with E-state index in [-0.39, 0.29) is 0 Å². The molecule has 2 aromatic rings. The third-order valence-electron chi connectivity index (χ3n) is 3.04. The van der Waals surface area contributed by atoms with Crippen LogP contribution in [0.3, 0.4) is 0 Å². The first kappa shape index (κ1) is 11.8. The third-order valence-corrected chi connectivity index (χ3v) is 4.55. The molecule has 0 atom stereocenters. The highest BCUT2D eigenvalue weighted by Gasteiger charge is 2.19. The van der Waals surface area contributed by atoms with Crippen LogP contribution in [0, 0.1) is 6.92 Å². The van der Waals surface area contributed by atoms with Gasteiger partial charge in [0.2, 0.25) is 5.69 Å². The van der Waals surface area contributed by atoms with Gasteiger partial charge in [-0.15, -0.1) is 0 Å². The number of hydrogen-bond donors (Lipinski definition) is 0. The summed E-state index contributed by atoms with van der Waals surface area (Å²) in [5.41, 5.74) is 3.82. The summed E-state index contributed by atoms with van der Waals surface area (Å²) in [5, 5.41) is 0.777. The van der Waals surface area contributed by atoms with Gasteiger partial charge in [0.1, 0.15) is 0 Å². The molecule has 0 amide bonds.